The van der Waals surface area contributed by atoms with E-state index >= 15 is 0 Å². The lowest BCUT2D eigenvalue weighted by molar-refractivity contribution is 0.0810. The molecule has 6 nitrogen and oxygen atoms in total. The third kappa shape index (κ3) is 3.49. The van der Waals surface area contributed by atoms with Crippen LogP contribution in [0.25, 0.3) is 11.4 Å². The molecule has 2 N–H and O–H groups in total. The first-order valence-electron chi connectivity index (χ1n) is 8.23. The molecule has 128 valence electrons. The number of hydrogen-bond acceptors (Lipinski definition) is 6. The highest BCUT2D eigenvalue weighted by atomic mass is 16.3. The molecule has 24 heavy (non-hydrogen) atoms. The third-order valence-electron chi connectivity index (χ3n) is 4.51. The summed E-state index contributed by atoms with van der Waals surface area (Å²) in [6.07, 6.45) is 1.76. The van der Waals surface area contributed by atoms with Crippen molar-refractivity contribution in [3.05, 3.63) is 36.5 Å². The first-order valence-corrected chi connectivity index (χ1v) is 8.23. The molecule has 1 aromatic carbocycles. The number of phenols is 1. The molecule has 1 aliphatic rings. The van der Waals surface area contributed by atoms with E-state index in [-0.39, 0.29) is 17.9 Å². The summed E-state index contributed by atoms with van der Waals surface area (Å²) in [5.74, 6) is 1.71. The maximum atomic E-state index is 9.65. The Morgan fingerprint density at radius 2 is 2.04 bits per heavy atom. The van der Waals surface area contributed by atoms with Gasteiger partial charge in [0.05, 0.1) is 6.61 Å². The van der Waals surface area contributed by atoms with Gasteiger partial charge in [0.1, 0.15) is 11.6 Å². The molecule has 1 fully saturated rings. The number of phenolic OH excluding ortho intramolecular Hbond substituents is 1. The van der Waals surface area contributed by atoms with Crippen molar-refractivity contribution < 1.29 is 10.2 Å². The zero-order valence-corrected chi connectivity index (χ0v) is 14.2. The number of benzene rings is 1. The van der Waals surface area contributed by atoms with Crippen LogP contribution in [0.15, 0.2) is 36.5 Å². The second-order valence-corrected chi connectivity index (χ2v) is 6.73. The number of hydrogen-bond donors (Lipinski definition) is 2. The summed E-state index contributed by atoms with van der Waals surface area (Å²) in [5.41, 5.74) is 0.770. The largest absolute Gasteiger partial charge is 0.508 e. The van der Waals surface area contributed by atoms with E-state index in [0.29, 0.717) is 12.4 Å². The second kappa shape index (κ2) is 6.75. The molecule has 6 heteroatoms. The van der Waals surface area contributed by atoms with E-state index in [1.165, 1.54) is 0 Å². The number of aliphatic hydroxyl groups excluding tert-OH is 1. The summed E-state index contributed by atoms with van der Waals surface area (Å²) >= 11 is 0. The summed E-state index contributed by atoms with van der Waals surface area (Å²) < 4.78 is 0. The number of β-amino-alcohol motifs (C(OH)–C–C–N with tert-alkyl or cyclic N) is 1. The Balaban J connectivity index is 1.82. The van der Waals surface area contributed by atoms with Crippen LogP contribution in [-0.2, 0) is 0 Å². The number of anilines is 1. The monoisotopic (exact) mass is 328 g/mol. The smallest absolute Gasteiger partial charge is 0.161 e. The predicted octanol–water partition coefficient (Wildman–Crippen LogP) is 1.74. The van der Waals surface area contributed by atoms with E-state index < -0.39 is 0 Å². The minimum Gasteiger partial charge on any atom is -0.508 e. The first kappa shape index (κ1) is 16.7. The Morgan fingerprint density at radius 3 is 2.75 bits per heavy atom. The molecule has 0 aliphatic carbocycles. The average Bonchev–Trinajstić information content (AvgIpc) is 2.57. The fourth-order valence-corrected chi connectivity index (χ4v) is 3.23. The number of rotatable bonds is 4. The fraction of sp³-hybridized carbons (Fsp3) is 0.444. The van der Waals surface area contributed by atoms with Gasteiger partial charge < -0.3 is 15.1 Å². The van der Waals surface area contributed by atoms with Crippen LogP contribution in [0.3, 0.4) is 0 Å². The van der Waals surface area contributed by atoms with E-state index in [1.807, 2.05) is 12.1 Å². The molecule has 1 aliphatic heterocycles. The van der Waals surface area contributed by atoms with Crippen molar-refractivity contribution >= 4 is 5.82 Å². The van der Waals surface area contributed by atoms with Crippen LogP contribution in [0.1, 0.15) is 13.8 Å². The first-order chi connectivity index (χ1) is 11.5. The molecular formula is C18H24N4O2. The molecule has 2 aromatic rings. The molecule has 0 saturated carbocycles. The molecule has 3 rings (SSSR count). The number of aromatic hydroxyl groups is 1. The normalized spacial score (nSPS) is 17.9. The van der Waals surface area contributed by atoms with Crippen LogP contribution in [0.2, 0.25) is 0 Å². The number of aromatic nitrogens is 2. The van der Waals surface area contributed by atoms with E-state index in [2.05, 4.69) is 33.6 Å². The Labute approximate surface area is 142 Å². The highest BCUT2D eigenvalue weighted by Crippen LogP contribution is 2.26. The Bertz CT molecular complexity index is 705. The maximum Gasteiger partial charge on any atom is 0.161 e. The van der Waals surface area contributed by atoms with E-state index in [9.17, 15) is 10.2 Å². The van der Waals surface area contributed by atoms with E-state index in [4.69, 9.17) is 0 Å². The van der Waals surface area contributed by atoms with E-state index in [0.717, 1.165) is 31.0 Å². The van der Waals surface area contributed by atoms with Crippen molar-refractivity contribution in [2.24, 2.45) is 0 Å². The minimum absolute atomic E-state index is 0.0306. The number of piperazine rings is 1. The summed E-state index contributed by atoms with van der Waals surface area (Å²) in [6.45, 7) is 7.83. The SMILES string of the molecule is CC1(C)CN(c2ccnc(-c3cccc(O)c3)n2)CCN1CCO. The molecule has 0 amide bonds. The summed E-state index contributed by atoms with van der Waals surface area (Å²) in [7, 11) is 0. The topological polar surface area (TPSA) is 72.7 Å². The number of aliphatic hydroxyl groups is 1. The lowest BCUT2D eigenvalue weighted by Crippen LogP contribution is -2.60. The summed E-state index contributed by atoms with van der Waals surface area (Å²) in [4.78, 5) is 13.6. The van der Waals surface area contributed by atoms with Gasteiger partial charge in [-0.3, -0.25) is 4.90 Å². The molecule has 2 heterocycles. The lowest BCUT2D eigenvalue weighted by atomic mass is 9.99. The maximum absolute atomic E-state index is 9.65. The summed E-state index contributed by atoms with van der Waals surface area (Å²) in [5, 5.41) is 18.9. The Morgan fingerprint density at radius 1 is 1.21 bits per heavy atom. The Hall–Kier alpha value is -2.18. The number of nitrogens with zero attached hydrogens (tertiary/aromatic N) is 4. The van der Waals surface area contributed by atoms with Crippen molar-refractivity contribution in [1.29, 1.82) is 0 Å². The van der Waals surface area contributed by atoms with E-state index in [1.54, 1.807) is 24.4 Å². The van der Waals surface area contributed by atoms with Crippen LogP contribution in [0.4, 0.5) is 5.82 Å². The fourth-order valence-electron chi connectivity index (χ4n) is 3.23. The van der Waals surface area contributed by atoms with Gasteiger partial charge in [-0.15, -0.1) is 0 Å². The van der Waals surface area contributed by atoms with Crippen LogP contribution >= 0.6 is 0 Å². The van der Waals surface area contributed by atoms with Gasteiger partial charge in [-0.05, 0) is 32.0 Å². The summed E-state index contributed by atoms with van der Waals surface area (Å²) in [6, 6.07) is 8.90. The van der Waals surface area contributed by atoms with Crippen molar-refractivity contribution in [1.82, 2.24) is 14.9 Å². The second-order valence-electron chi connectivity index (χ2n) is 6.73. The standard InChI is InChI=1S/C18H24N4O2/c1-18(2)13-21(8-9-22(18)10-11-23)16-6-7-19-17(20-16)14-4-3-5-15(24)12-14/h3-7,12,23-24H,8-11,13H2,1-2H3. The van der Waals surface area contributed by atoms with Crippen molar-refractivity contribution in [2.45, 2.75) is 19.4 Å². The van der Waals surface area contributed by atoms with Crippen molar-refractivity contribution in [3.63, 3.8) is 0 Å². The van der Waals surface area contributed by atoms with Gasteiger partial charge in [0.25, 0.3) is 0 Å². The third-order valence-corrected chi connectivity index (χ3v) is 4.51. The van der Waals surface area contributed by atoms with Crippen LogP contribution in [0, 0.1) is 0 Å². The zero-order valence-electron chi connectivity index (χ0n) is 14.2. The highest BCUT2D eigenvalue weighted by molar-refractivity contribution is 5.59. The van der Waals surface area contributed by atoms with Crippen LogP contribution < -0.4 is 4.90 Å². The zero-order chi connectivity index (χ0) is 17.2. The van der Waals surface area contributed by atoms with Gasteiger partial charge in [0.2, 0.25) is 0 Å². The van der Waals surface area contributed by atoms with Crippen molar-refractivity contribution in [3.8, 4) is 17.1 Å². The minimum atomic E-state index is -0.0306. The predicted molar refractivity (Wildman–Crippen MR) is 94.1 cm³/mol. The van der Waals surface area contributed by atoms with Gasteiger partial charge >= 0.3 is 0 Å². The van der Waals surface area contributed by atoms with Gasteiger partial charge in [0, 0.05) is 43.5 Å². The molecule has 0 unspecified atom stereocenters. The lowest BCUT2D eigenvalue weighted by Gasteiger charge is -2.47. The molecule has 0 atom stereocenters. The molecule has 0 spiro atoms. The molecular weight excluding hydrogens is 304 g/mol. The molecule has 1 aromatic heterocycles. The van der Waals surface area contributed by atoms with Crippen LogP contribution in [-0.4, -0.2) is 63.4 Å². The molecule has 0 radical (unpaired) electrons. The van der Waals surface area contributed by atoms with Gasteiger partial charge in [-0.25, -0.2) is 9.97 Å². The molecule has 1 saturated heterocycles. The quantitative estimate of drug-likeness (QED) is 0.891. The average molecular weight is 328 g/mol. The van der Waals surface area contributed by atoms with Crippen LogP contribution in [0.5, 0.6) is 5.75 Å². The van der Waals surface area contributed by atoms with Crippen molar-refractivity contribution in [2.75, 3.05) is 37.7 Å². The highest BCUT2D eigenvalue weighted by Gasteiger charge is 2.33. The van der Waals surface area contributed by atoms with Gasteiger partial charge in [-0.2, -0.15) is 0 Å². The Kier molecular flexibility index (Phi) is 4.69. The van der Waals surface area contributed by atoms with Gasteiger partial charge in [0.15, 0.2) is 5.82 Å². The molecule has 0 bridgehead atoms. The van der Waals surface area contributed by atoms with Gasteiger partial charge in [-0.1, -0.05) is 12.1 Å².